The molecule has 0 aliphatic carbocycles. The lowest BCUT2D eigenvalue weighted by atomic mass is 9.95. The number of benzene rings is 2. The van der Waals surface area contributed by atoms with E-state index in [0.717, 1.165) is 90.0 Å². The molecule has 8 nitrogen and oxygen atoms in total. The van der Waals surface area contributed by atoms with E-state index < -0.39 is 5.97 Å². The van der Waals surface area contributed by atoms with E-state index in [9.17, 15) is 9.90 Å². The van der Waals surface area contributed by atoms with Crippen LogP contribution in [0.2, 0.25) is 0 Å². The fourth-order valence-corrected chi connectivity index (χ4v) is 6.95. The number of rotatable bonds is 12. The zero-order chi connectivity index (χ0) is 31.2. The Labute approximate surface area is 266 Å². The van der Waals surface area contributed by atoms with Crippen molar-refractivity contribution < 1.29 is 14.6 Å². The second-order valence-electron chi connectivity index (χ2n) is 12.6. The lowest BCUT2D eigenvalue weighted by molar-refractivity contribution is -0.138. The summed E-state index contributed by atoms with van der Waals surface area (Å²) in [6.45, 7) is 10.2. The van der Waals surface area contributed by atoms with Crippen molar-refractivity contribution in [3.05, 3.63) is 77.6 Å². The summed E-state index contributed by atoms with van der Waals surface area (Å²) in [4.78, 5) is 25.7. The molecule has 236 valence electrons. The van der Waals surface area contributed by atoms with E-state index in [-0.39, 0.29) is 12.5 Å². The number of hydrogen-bond donors (Lipinski definition) is 2. The first kappa shape index (κ1) is 31.0. The van der Waals surface area contributed by atoms with Crippen molar-refractivity contribution in [2.75, 3.05) is 38.1 Å². The molecular formula is C37H45N5O3. The highest BCUT2D eigenvalue weighted by atomic mass is 16.5. The van der Waals surface area contributed by atoms with Crippen LogP contribution in [0.15, 0.2) is 60.9 Å². The van der Waals surface area contributed by atoms with Crippen molar-refractivity contribution in [3.63, 3.8) is 0 Å². The number of pyridine rings is 2. The number of nitrogens with zero attached hydrogens (tertiary/aromatic N) is 4. The Morgan fingerprint density at radius 2 is 1.76 bits per heavy atom. The zero-order valence-corrected chi connectivity index (χ0v) is 26.6. The summed E-state index contributed by atoms with van der Waals surface area (Å²) in [5, 5.41) is 14.0. The van der Waals surface area contributed by atoms with Gasteiger partial charge in [0.05, 0.1) is 13.0 Å². The Bertz CT molecular complexity index is 1630. The van der Waals surface area contributed by atoms with E-state index >= 15 is 0 Å². The summed E-state index contributed by atoms with van der Waals surface area (Å²) in [6, 6.07) is 16.9. The SMILES string of the molecule is Cc1c(Nc2nccc3cc(CN4CCCCC4CC(=O)O)cnc23)cccc1-c1cccc(OCCCN2CCCC2)c1C. The van der Waals surface area contributed by atoms with Gasteiger partial charge in [-0.3, -0.25) is 14.7 Å². The molecule has 2 fully saturated rings. The van der Waals surface area contributed by atoms with E-state index in [1.54, 1.807) is 0 Å². The Balaban J connectivity index is 1.17. The number of carbonyl (C=O) groups is 1. The largest absolute Gasteiger partial charge is 0.493 e. The highest BCUT2D eigenvalue weighted by Crippen LogP contribution is 2.36. The number of aromatic nitrogens is 2. The third kappa shape index (κ3) is 7.45. The molecule has 0 bridgehead atoms. The average Bonchev–Trinajstić information content (AvgIpc) is 3.56. The summed E-state index contributed by atoms with van der Waals surface area (Å²) in [5.74, 6) is 0.929. The predicted molar refractivity (Wildman–Crippen MR) is 180 cm³/mol. The first-order valence-corrected chi connectivity index (χ1v) is 16.5. The van der Waals surface area contributed by atoms with Crippen LogP contribution < -0.4 is 10.1 Å². The number of nitrogens with one attached hydrogen (secondary N) is 1. The molecule has 1 atom stereocenters. The van der Waals surface area contributed by atoms with Crippen molar-refractivity contribution in [3.8, 4) is 16.9 Å². The van der Waals surface area contributed by atoms with Gasteiger partial charge in [0.1, 0.15) is 11.3 Å². The smallest absolute Gasteiger partial charge is 0.304 e. The molecule has 45 heavy (non-hydrogen) atoms. The Hall–Kier alpha value is -4.01. The van der Waals surface area contributed by atoms with E-state index in [0.29, 0.717) is 12.4 Å². The minimum atomic E-state index is -0.732. The number of carboxylic acids is 1. The molecule has 0 radical (unpaired) electrons. The van der Waals surface area contributed by atoms with Gasteiger partial charge in [-0.25, -0.2) is 4.98 Å². The normalized spacial score (nSPS) is 17.5. The monoisotopic (exact) mass is 607 g/mol. The molecule has 6 rings (SSSR count). The van der Waals surface area contributed by atoms with Crippen LogP contribution in [0.25, 0.3) is 22.0 Å². The van der Waals surface area contributed by atoms with Gasteiger partial charge in [-0.1, -0.05) is 30.7 Å². The van der Waals surface area contributed by atoms with E-state index in [1.165, 1.54) is 31.5 Å². The molecule has 2 aliphatic rings. The number of likely N-dealkylation sites (tertiary alicyclic amines) is 2. The highest BCUT2D eigenvalue weighted by molar-refractivity contribution is 5.91. The van der Waals surface area contributed by atoms with Gasteiger partial charge in [0, 0.05) is 42.6 Å². The topological polar surface area (TPSA) is 90.8 Å². The third-order valence-corrected chi connectivity index (χ3v) is 9.44. The first-order chi connectivity index (χ1) is 22.0. The molecule has 0 amide bonds. The van der Waals surface area contributed by atoms with Gasteiger partial charge in [-0.2, -0.15) is 0 Å². The molecule has 8 heteroatoms. The Kier molecular flexibility index (Phi) is 9.91. The number of carboxylic acid groups (broad SMARTS) is 1. The van der Waals surface area contributed by atoms with Crippen LogP contribution in [-0.2, 0) is 11.3 Å². The minimum Gasteiger partial charge on any atom is -0.493 e. The van der Waals surface area contributed by atoms with Crippen molar-refractivity contribution in [2.45, 2.75) is 71.4 Å². The summed E-state index contributed by atoms with van der Waals surface area (Å²) in [5.41, 5.74) is 7.50. The Morgan fingerprint density at radius 1 is 0.978 bits per heavy atom. The van der Waals surface area contributed by atoms with Crippen LogP contribution in [0.4, 0.5) is 11.5 Å². The quantitative estimate of drug-likeness (QED) is 0.162. The number of ether oxygens (including phenoxy) is 1. The van der Waals surface area contributed by atoms with E-state index in [4.69, 9.17) is 9.72 Å². The van der Waals surface area contributed by atoms with Crippen LogP contribution in [-0.4, -0.2) is 69.7 Å². The van der Waals surface area contributed by atoms with Gasteiger partial charge in [0.15, 0.2) is 5.82 Å². The van der Waals surface area contributed by atoms with E-state index in [2.05, 4.69) is 76.4 Å². The summed E-state index contributed by atoms with van der Waals surface area (Å²) < 4.78 is 6.26. The molecule has 2 saturated heterocycles. The standard InChI is InChI=1S/C37H45N5O3/c1-26-31(32-12-8-14-34(27(32)2)45-21-9-19-41-17-5-6-18-41)11-7-13-33(26)40-37-36-29(15-16-38-37)22-28(24-39-36)25-42-20-4-3-10-30(42)23-35(43)44/h7-8,11-16,22,24,30H,3-6,9-10,17-21,23,25H2,1-2H3,(H,38,40)(H,43,44). The number of hydrogen-bond acceptors (Lipinski definition) is 7. The van der Waals surface area contributed by atoms with Crippen molar-refractivity contribution in [1.82, 2.24) is 19.8 Å². The van der Waals surface area contributed by atoms with Crippen LogP contribution >= 0.6 is 0 Å². The maximum atomic E-state index is 11.4. The van der Waals surface area contributed by atoms with Crippen molar-refractivity contribution in [1.29, 1.82) is 0 Å². The summed E-state index contributed by atoms with van der Waals surface area (Å²) in [7, 11) is 0. The fraction of sp³-hybridized carbons (Fsp3) is 0.432. The summed E-state index contributed by atoms with van der Waals surface area (Å²) in [6.07, 6.45) is 10.7. The van der Waals surface area contributed by atoms with Gasteiger partial charge < -0.3 is 20.1 Å². The number of aliphatic carboxylic acids is 1. The maximum absolute atomic E-state index is 11.4. The molecule has 2 aromatic carbocycles. The second kappa shape index (κ2) is 14.4. The van der Waals surface area contributed by atoms with Gasteiger partial charge in [-0.15, -0.1) is 0 Å². The van der Waals surface area contributed by atoms with Crippen LogP contribution in [0.5, 0.6) is 5.75 Å². The zero-order valence-electron chi connectivity index (χ0n) is 26.6. The third-order valence-electron chi connectivity index (χ3n) is 9.44. The molecule has 1 unspecified atom stereocenters. The fourth-order valence-electron chi connectivity index (χ4n) is 6.95. The van der Waals surface area contributed by atoms with Crippen LogP contribution in [0.1, 0.15) is 61.6 Å². The number of fused-ring (bicyclic) bond motifs is 1. The van der Waals surface area contributed by atoms with Gasteiger partial charge in [0.2, 0.25) is 0 Å². The lowest BCUT2D eigenvalue weighted by Crippen LogP contribution is -2.40. The van der Waals surface area contributed by atoms with E-state index in [1.807, 2.05) is 18.5 Å². The highest BCUT2D eigenvalue weighted by Gasteiger charge is 2.25. The van der Waals surface area contributed by atoms with Crippen molar-refractivity contribution >= 4 is 28.4 Å². The molecule has 0 saturated carbocycles. The maximum Gasteiger partial charge on any atom is 0.304 e. The molecule has 2 N–H and O–H groups in total. The molecule has 4 heterocycles. The average molecular weight is 608 g/mol. The lowest BCUT2D eigenvalue weighted by Gasteiger charge is -2.34. The van der Waals surface area contributed by atoms with Crippen LogP contribution in [0, 0.1) is 13.8 Å². The predicted octanol–water partition coefficient (Wildman–Crippen LogP) is 7.35. The number of anilines is 2. The van der Waals surface area contributed by atoms with Crippen LogP contribution in [0.3, 0.4) is 0 Å². The molecule has 2 aliphatic heterocycles. The summed E-state index contributed by atoms with van der Waals surface area (Å²) >= 11 is 0. The van der Waals surface area contributed by atoms with Crippen molar-refractivity contribution in [2.24, 2.45) is 0 Å². The van der Waals surface area contributed by atoms with Gasteiger partial charge in [-0.05, 0) is 118 Å². The minimum absolute atomic E-state index is 0.0764. The molecule has 0 spiro atoms. The van der Waals surface area contributed by atoms with Gasteiger partial charge >= 0.3 is 5.97 Å². The first-order valence-electron chi connectivity index (χ1n) is 16.5. The Morgan fingerprint density at radius 3 is 2.58 bits per heavy atom. The molecule has 4 aromatic rings. The van der Waals surface area contributed by atoms with Gasteiger partial charge in [0.25, 0.3) is 0 Å². The molecular weight excluding hydrogens is 562 g/mol. The number of piperidine rings is 1. The second-order valence-corrected chi connectivity index (χ2v) is 12.6. The molecule has 2 aromatic heterocycles.